The molecule has 0 saturated carbocycles. The number of aliphatic hydroxyl groups is 1. The molecule has 398 valence electrons. The van der Waals surface area contributed by atoms with Crippen molar-refractivity contribution in [1.82, 2.24) is 0 Å². The highest BCUT2D eigenvalue weighted by Gasteiger charge is 2.28. The number of aliphatic hydroxyl groups excluding tert-OH is 1. The summed E-state index contributed by atoms with van der Waals surface area (Å²) >= 11 is 0. The fourth-order valence-electron chi connectivity index (χ4n) is 7.78. The third-order valence-corrected chi connectivity index (χ3v) is 13.0. The molecule has 0 aromatic carbocycles. The van der Waals surface area contributed by atoms with Crippen molar-refractivity contribution in [1.29, 1.82) is 0 Å². The first-order chi connectivity index (χ1) is 33.2. The average Bonchev–Trinajstić information content (AvgIpc) is 3.32. The molecular formula is C56H103O11P. The second kappa shape index (κ2) is 51.1. The summed E-state index contributed by atoms with van der Waals surface area (Å²) in [7, 11) is -4.74. The number of hydrogen-bond donors (Lipinski definition) is 2. The molecule has 68 heavy (non-hydrogen) atoms. The number of rotatable bonds is 52. The number of hydrogen-bond acceptors (Lipinski definition) is 10. The van der Waals surface area contributed by atoms with E-state index in [0.717, 1.165) is 89.9 Å². The molecule has 0 radical (unpaired) electrons. The standard InChI is InChI=1S/C56H103O11P/c1-4-7-10-13-16-19-22-23-24-25-26-27-28-29-32-35-38-41-44-47-56(60)67-53(49-63-54(58)45-42-39-36-33-30-20-17-14-11-8-5-2)51-65-68(61,62)64-50-52(48-57)66-55(59)46-43-40-37-34-31-21-18-15-12-9-6-3/h16,19,23-24,26-27,52-53,57H,4-15,17-18,20-22,25,28-51H2,1-3H3,(H,61,62)/b19-16-,24-23-,27-26-. The van der Waals surface area contributed by atoms with Crippen LogP contribution in [0.4, 0.5) is 0 Å². The van der Waals surface area contributed by atoms with E-state index in [0.29, 0.717) is 19.3 Å². The van der Waals surface area contributed by atoms with Gasteiger partial charge in [0.1, 0.15) is 12.7 Å². The molecule has 0 aliphatic heterocycles. The van der Waals surface area contributed by atoms with Crippen molar-refractivity contribution >= 4 is 25.7 Å². The van der Waals surface area contributed by atoms with Crippen LogP contribution in [0.25, 0.3) is 0 Å². The van der Waals surface area contributed by atoms with Crippen molar-refractivity contribution < 1.29 is 52.2 Å². The van der Waals surface area contributed by atoms with Crippen molar-refractivity contribution in [2.45, 2.75) is 277 Å². The van der Waals surface area contributed by atoms with Crippen LogP contribution in [0.5, 0.6) is 0 Å². The van der Waals surface area contributed by atoms with Crippen LogP contribution in [0.1, 0.15) is 265 Å². The predicted octanol–water partition coefficient (Wildman–Crippen LogP) is 16.0. The first-order valence-electron chi connectivity index (χ1n) is 27.9. The molecule has 0 amide bonds. The molecule has 0 aromatic rings. The Morgan fingerprint density at radius 1 is 0.412 bits per heavy atom. The van der Waals surface area contributed by atoms with Gasteiger partial charge in [-0.3, -0.25) is 23.4 Å². The molecule has 0 aliphatic carbocycles. The van der Waals surface area contributed by atoms with E-state index in [-0.39, 0.29) is 25.9 Å². The van der Waals surface area contributed by atoms with Gasteiger partial charge in [-0.15, -0.1) is 0 Å². The van der Waals surface area contributed by atoms with Gasteiger partial charge in [0.25, 0.3) is 0 Å². The molecule has 3 atom stereocenters. The normalized spacial score (nSPS) is 13.7. The van der Waals surface area contributed by atoms with E-state index >= 15 is 0 Å². The lowest BCUT2D eigenvalue weighted by molar-refractivity contribution is -0.161. The molecule has 3 unspecified atom stereocenters. The molecule has 11 nitrogen and oxygen atoms in total. The second-order valence-corrected chi connectivity index (χ2v) is 20.2. The molecule has 0 aliphatic rings. The Balaban J connectivity index is 4.71. The van der Waals surface area contributed by atoms with Gasteiger partial charge in [-0.25, -0.2) is 4.57 Å². The smallest absolute Gasteiger partial charge is 0.462 e. The van der Waals surface area contributed by atoms with Gasteiger partial charge in [0.05, 0.1) is 19.8 Å². The summed E-state index contributed by atoms with van der Waals surface area (Å²) in [6, 6.07) is 0. The zero-order chi connectivity index (χ0) is 49.9. The minimum Gasteiger partial charge on any atom is -0.462 e. The number of unbranched alkanes of at least 4 members (excludes halogenated alkanes) is 29. The van der Waals surface area contributed by atoms with E-state index in [4.69, 9.17) is 23.3 Å². The quantitative estimate of drug-likeness (QED) is 0.0197. The van der Waals surface area contributed by atoms with Crippen molar-refractivity contribution in [3.63, 3.8) is 0 Å². The summed E-state index contributed by atoms with van der Waals surface area (Å²) in [6.07, 6.45) is 51.0. The summed E-state index contributed by atoms with van der Waals surface area (Å²) in [5.41, 5.74) is 0. The van der Waals surface area contributed by atoms with E-state index < -0.39 is 57.8 Å². The first kappa shape index (κ1) is 65.7. The average molecular weight is 983 g/mol. The zero-order valence-corrected chi connectivity index (χ0v) is 44.7. The lowest BCUT2D eigenvalue weighted by atomic mass is 10.1. The van der Waals surface area contributed by atoms with E-state index in [1.165, 1.54) is 116 Å². The molecule has 0 spiro atoms. The van der Waals surface area contributed by atoms with Gasteiger partial charge in [-0.05, 0) is 57.8 Å². The summed E-state index contributed by atoms with van der Waals surface area (Å²) in [5.74, 6) is -1.46. The van der Waals surface area contributed by atoms with Gasteiger partial charge in [0.2, 0.25) is 0 Å². The van der Waals surface area contributed by atoms with E-state index in [1.807, 2.05) is 0 Å². The monoisotopic (exact) mass is 983 g/mol. The number of esters is 3. The van der Waals surface area contributed by atoms with Crippen molar-refractivity contribution in [2.75, 3.05) is 26.4 Å². The molecule has 2 N–H and O–H groups in total. The van der Waals surface area contributed by atoms with Gasteiger partial charge in [0.15, 0.2) is 6.10 Å². The first-order valence-corrected chi connectivity index (χ1v) is 29.4. The number of carbonyl (C=O) groups excluding carboxylic acids is 3. The molecule has 0 fully saturated rings. The number of carbonyl (C=O) groups is 3. The molecule has 0 rings (SSSR count). The van der Waals surface area contributed by atoms with Crippen LogP contribution in [0.3, 0.4) is 0 Å². The highest BCUT2D eigenvalue weighted by atomic mass is 31.2. The van der Waals surface area contributed by atoms with Gasteiger partial charge >= 0.3 is 25.7 Å². The van der Waals surface area contributed by atoms with Crippen LogP contribution >= 0.6 is 7.82 Å². The molecule has 0 bridgehead atoms. The Hall–Kier alpha value is -2.30. The maximum atomic E-state index is 12.9. The highest BCUT2D eigenvalue weighted by molar-refractivity contribution is 7.47. The van der Waals surface area contributed by atoms with Gasteiger partial charge in [-0.2, -0.15) is 0 Å². The van der Waals surface area contributed by atoms with Crippen molar-refractivity contribution in [3.8, 4) is 0 Å². The molecule has 0 saturated heterocycles. The maximum Gasteiger partial charge on any atom is 0.472 e. The largest absolute Gasteiger partial charge is 0.472 e. The summed E-state index contributed by atoms with van der Waals surface area (Å²) < 4.78 is 39.4. The van der Waals surface area contributed by atoms with Crippen molar-refractivity contribution in [3.05, 3.63) is 36.5 Å². The fraction of sp³-hybridized carbons (Fsp3) is 0.839. The van der Waals surface area contributed by atoms with Crippen LogP contribution in [0.2, 0.25) is 0 Å². The van der Waals surface area contributed by atoms with Gasteiger partial charge in [-0.1, -0.05) is 224 Å². The molecule has 0 aromatic heterocycles. The molecule has 0 heterocycles. The Morgan fingerprint density at radius 2 is 0.721 bits per heavy atom. The Labute approximate surface area is 416 Å². The minimum absolute atomic E-state index is 0.157. The van der Waals surface area contributed by atoms with Crippen LogP contribution in [-0.2, 0) is 42.2 Å². The Morgan fingerprint density at radius 3 is 1.13 bits per heavy atom. The lowest BCUT2D eigenvalue weighted by Crippen LogP contribution is -2.30. The van der Waals surface area contributed by atoms with Crippen LogP contribution in [0.15, 0.2) is 36.5 Å². The number of phosphoric ester groups is 1. The maximum absolute atomic E-state index is 12.9. The summed E-state index contributed by atoms with van der Waals surface area (Å²) in [4.78, 5) is 48.4. The lowest BCUT2D eigenvalue weighted by Gasteiger charge is -2.21. The van der Waals surface area contributed by atoms with Crippen LogP contribution in [-0.4, -0.2) is 66.5 Å². The second-order valence-electron chi connectivity index (χ2n) is 18.8. The highest BCUT2D eigenvalue weighted by Crippen LogP contribution is 2.43. The molecular weight excluding hydrogens is 880 g/mol. The summed E-state index contributed by atoms with van der Waals surface area (Å²) in [6.45, 7) is 4.61. The number of ether oxygens (including phenoxy) is 3. The molecule has 12 heteroatoms. The fourth-order valence-corrected chi connectivity index (χ4v) is 8.56. The Kier molecular flexibility index (Phi) is 49.3. The van der Waals surface area contributed by atoms with E-state index in [1.54, 1.807) is 0 Å². The van der Waals surface area contributed by atoms with E-state index in [2.05, 4.69) is 57.2 Å². The number of phosphoric acid groups is 1. The van der Waals surface area contributed by atoms with Crippen LogP contribution in [0, 0.1) is 0 Å². The summed E-state index contributed by atoms with van der Waals surface area (Å²) in [5, 5.41) is 9.77. The van der Waals surface area contributed by atoms with Gasteiger partial charge in [0, 0.05) is 19.3 Å². The SMILES string of the molecule is CCCCC/C=C\C/C=C\C/C=C\CCCCCCCCC(=O)OC(COC(=O)CCCCCCCCCCCCC)COP(=O)(O)OCC(CO)OC(=O)CCCCCCCCCCCCC. The number of allylic oxidation sites excluding steroid dienone is 6. The van der Waals surface area contributed by atoms with E-state index in [9.17, 15) is 28.9 Å². The van der Waals surface area contributed by atoms with Gasteiger partial charge < -0.3 is 24.2 Å². The van der Waals surface area contributed by atoms with Crippen LogP contribution < -0.4 is 0 Å². The zero-order valence-electron chi connectivity index (χ0n) is 43.8. The minimum atomic E-state index is -4.74. The topological polar surface area (TPSA) is 155 Å². The third-order valence-electron chi connectivity index (χ3n) is 12.1. The Bertz CT molecular complexity index is 1280. The van der Waals surface area contributed by atoms with Crippen molar-refractivity contribution in [2.24, 2.45) is 0 Å². The third kappa shape index (κ3) is 48.7. The predicted molar refractivity (Wildman–Crippen MR) is 279 cm³/mol.